The average molecular weight is 508 g/mol. The minimum absolute atomic E-state index is 0.0929. The number of allylic oxidation sites excluding steroid dienone is 1. The van der Waals surface area contributed by atoms with Crippen LogP contribution in [0.4, 0.5) is 0 Å². The van der Waals surface area contributed by atoms with Crippen LogP contribution in [0, 0.1) is 0 Å². The second-order valence-electron chi connectivity index (χ2n) is 11.0. The van der Waals surface area contributed by atoms with E-state index in [2.05, 4.69) is 37.8 Å². The molecule has 1 atom stereocenters. The van der Waals surface area contributed by atoms with Crippen LogP contribution in [0.15, 0.2) is 53.4 Å². The molecular weight excluding hydrogens is 474 g/mol. The maximum Gasteiger partial charge on any atom is 0.243 e. The quantitative estimate of drug-likeness (QED) is 0.599. The predicted molar refractivity (Wildman–Crippen MR) is 141 cm³/mol. The number of hydrogen-bond donors (Lipinski definition) is 1. The highest BCUT2D eigenvalue weighted by atomic mass is 32.2. The summed E-state index contributed by atoms with van der Waals surface area (Å²) < 4.78 is 12.4. The smallest absolute Gasteiger partial charge is 0.243 e. The zero-order chi connectivity index (χ0) is 25.5. The van der Waals surface area contributed by atoms with Crippen molar-refractivity contribution >= 4 is 29.1 Å². The number of carbonyl (C=O) groups is 2. The number of hydrogen-bond acceptors (Lipinski definition) is 7. The van der Waals surface area contributed by atoms with E-state index < -0.39 is 17.7 Å². The molecule has 2 aliphatic heterocycles. The van der Waals surface area contributed by atoms with E-state index in [1.165, 1.54) is 17.3 Å². The summed E-state index contributed by atoms with van der Waals surface area (Å²) in [4.78, 5) is 27.8. The van der Waals surface area contributed by atoms with Gasteiger partial charge in [0, 0.05) is 49.4 Å². The van der Waals surface area contributed by atoms with Crippen LogP contribution in [-0.2, 0) is 14.9 Å². The van der Waals surface area contributed by atoms with E-state index in [0.717, 1.165) is 31.7 Å². The van der Waals surface area contributed by atoms with Gasteiger partial charge in [0.25, 0.3) is 0 Å². The van der Waals surface area contributed by atoms with E-state index >= 15 is 0 Å². The van der Waals surface area contributed by atoms with Crippen LogP contribution in [0.2, 0.25) is 0 Å². The first-order chi connectivity index (χ1) is 17.2. The number of rotatable bonds is 5. The summed E-state index contributed by atoms with van der Waals surface area (Å²) in [6.45, 7) is 8.88. The lowest BCUT2D eigenvalue weighted by Crippen LogP contribution is -2.51. The van der Waals surface area contributed by atoms with Crippen LogP contribution in [-0.4, -0.2) is 65.3 Å². The summed E-state index contributed by atoms with van der Waals surface area (Å²) >= 11 is 1.45. The molecule has 1 saturated heterocycles. The lowest BCUT2D eigenvalue weighted by atomic mass is 9.87. The summed E-state index contributed by atoms with van der Waals surface area (Å²) in [7, 11) is 0. The first-order valence-electron chi connectivity index (χ1n) is 12.5. The van der Waals surface area contributed by atoms with Gasteiger partial charge < -0.3 is 19.5 Å². The molecule has 36 heavy (non-hydrogen) atoms. The van der Waals surface area contributed by atoms with Crippen LogP contribution >= 0.6 is 11.8 Å². The summed E-state index contributed by atoms with van der Waals surface area (Å²) in [6.07, 6.45) is 0.998. The Labute approximate surface area is 216 Å². The van der Waals surface area contributed by atoms with Gasteiger partial charge in [-0.05, 0) is 23.1 Å². The number of fused-ring (bicyclic) bond motifs is 2. The molecule has 0 radical (unpaired) electrons. The largest absolute Gasteiger partial charge is 0.491 e. The molecule has 5 rings (SSSR count). The highest BCUT2D eigenvalue weighted by Crippen LogP contribution is 2.47. The summed E-state index contributed by atoms with van der Waals surface area (Å²) in [5.74, 6) is 1.06. The number of carbonyl (C=O) groups excluding carboxylic acids is 2. The number of benzene rings is 2. The van der Waals surface area contributed by atoms with Gasteiger partial charge >= 0.3 is 0 Å². The number of Topliss-reactive ketones (excluding diaryl/α,β-unsaturated/α-hetero) is 2. The standard InChI is InChI=1S/C29H33NO5S/c1-28(2,3)19-8-10-21(11-9-19)34-17-20(31)16-30-14-12-29(13-15-30)18-36-27-25(33)24(32)22-6-4-5-7-23(22)26(27)35-29/h4-11,20,31H,12-18H2,1-3H3/t20-/m1/s1. The summed E-state index contributed by atoms with van der Waals surface area (Å²) in [5, 5.41) is 10.6. The molecule has 0 amide bonds. The van der Waals surface area contributed by atoms with E-state index in [1.54, 1.807) is 12.1 Å². The molecule has 0 unspecified atom stereocenters. The zero-order valence-electron chi connectivity index (χ0n) is 21.1. The van der Waals surface area contributed by atoms with Gasteiger partial charge in [0.1, 0.15) is 34.7 Å². The Hall–Kier alpha value is -2.61. The molecule has 6 nitrogen and oxygen atoms in total. The number of aliphatic hydroxyl groups is 1. The fourth-order valence-corrected chi connectivity index (χ4v) is 6.26. The van der Waals surface area contributed by atoms with E-state index in [9.17, 15) is 14.7 Å². The van der Waals surface area contributed by atoms with Crippen molar-refractivity contribution in [1.29, 1.82) is 0 Å². The van der Waals surface area contributed by atoms with Crippen molar-refractivity contribution in [1.82, 2.24) is 4.90 Å². The first kappa shape index (κ1) is 25.1. The number of likely N-dealkylation sites (tertiary alicyclic amines) is 1. The average Bonchev–Trinajstić information content (AvgIpc) is 2.87. The molecule has 1 N–H and O–H groups in total. The number of nitrogens with zero attached hydrogens (tertiary/aromatic N) is 1. The lowest BCUT2D eigenvalue weighted by molar-refractivity contribution is -0.111. The molecule has 0 aromatic heterocycles. The number of piperidine rings is 1. The van der Waals surface area contributed by atoms with Crippen molar-refractivity contribution in [3.8, 4) is 5.75 Å². The number of thioether (sulfide) groups is 1. The molecule has 0 bridgehead atoms. The van der Waals surface area contributed by atoms with Gasteiger partial charge in [0.05, 0.1) is 0 Å². The van der Waals surface area contributed by atoms with E-state index in [1.807, 2.05) is 24.3 Å². The van der Waals surface area contributed by atoms with Crippen molar-refractivity contribution in [2.45, 2.75) is 50.7 Å². The first-order valence-corrected chi connectivity index (χ1v) is 13.5. The molecule has 2 heterocycles. The van der Waals surface area contributed by atoms with Gasteiger partial charge in [-0.2, -0.15) is 0 Å². The highest BCUT2D eigenvalue weighted by Gasteiger charge is 2.46. The maximum atomic E-state index is 12.6. The third-order valence-electron chi connectivity index (χ3n) is 7.23. The fraction of sp³-hybridized carbons (Fsp3) is 0.448. The Kier molecular flexibility index (Phi) is 6.74. The summed E-state index contributed by atoms with van der Waals surface area (Å²) in [5.41, 5.74) is 2.11. The van der Waals surface area contributed by atoms with E-state index in [4.69, 9.17) is 9.47 Å². The van der Waals surface area contributed by atoms with Crippen LogP contribution in [0.25, 0.3) is 5.76 Å². The Morgan fingerprint density at radius 3 is 2.36 bits per heavy atom. The maximum absolute atomic E-state index is 12.6. The van der Waals surface area contributed by atoms with Crippen molar-refractivity contribution in [3.63, 3.8) is 0 Å². The molecule has 2 aromatic rings. The lowest BCUT2D eigenvalue weighted by Gasteiger charge is -2.45. The van der Waals surface area contributed by atoms with Crippen LogP contribution < -0.4 is 4.74 Å². The van der Waals surface area contributed by atoms with Crippen molar-refractivity contribution in [3.05, 3.63) is 70.1 Å². The second kappa shape index (κ2) is 9.69. The monoisotopic (exact) mass is 507 g/mol. The molecule has 2 aromatic carbocycles. The van der Waals surface area contributed by atoms with Crippen LogP contribution in [0.5, 0.6) is 5.75 Å². The van der Waals surface area contributed by atoms with Crippen LogP contribution in [0.3, 0.4) is 0 Å². The SMILES string of the molecule is CC(C)(C)c1ccc(OC[C@H](O)CN2CCC3(CC2)CSC2=C(O3)c3ccccc3C(=O)C2=O)cc1. The molecular formula is C29H33NO5S. The van der Waals surface area contributed by atoms with Gasteiger partial charge in [0.15, 0.2) is 0 Å². The number of aliphatic hydroxyl groups excluding tert-OH is 1. The number of ether oxygens (including phenoxy) is 2. The van der Waals surface area contributed by atoms with E-state index in [-0.39, 0.29) is 17.6 Å². The predicted octanol–water partition coefficient (Wildman–Crippen LogP) is 4.46. The number of β-amino-alcohol motifs (C(OH)–C–C–N with tert-alkyl or cyclic N) is 1. The summed E-state index contributed by atoms with van der Waals surface area (Å²) in [6, 6.07) is 15.3. The topological polar surface area (TPSA) is 76.1 Å². The third kappa shape index (κ3) is 4.97. The number of ketones is 2. The molecule has 1 aliphatic carbocycles. The Bertz CT molecular complexity index is 1190. The minimum atomic E-state index is -0.592. The van der Waals surface area contributed by atoms with Crippen molar-refractivity contribution < 1.29 is 24.2 Å². The van der Waals surface area contributed by atoms with Gasteiger partial charge in [-0.1, -0.05) is 57.2 Å². The van der Waals surface area contributed by atoms with Gasteiger partial charge in [-0.3, -0.25) is 9.59 Å². The molecule has 3 aliphatic rings. The van der Waals surface area contributed by atoms with Gasteiger partial charge in [-0.25, -0.2) is 0 Å². The Morgan fingerprint density at radius 1 is 1.03 bits per heavy atom. The Balaban J connectivity index is 1.15. The molecule has 7 heteroatoms. The second-order valence-corrected chi connectivity index (χ2v) is 12.0. The molecule has 1 fully saturated rings. The van der Waals surface area contributed by atoms with Crippen molar-refractivity contribution in [2.24, 2.45) is 0 Å². The zero-order valence-corrected chi connectivity index (χ0v) is 21.9. The van der Waals surface area contributed by atoms with Crippen molar-refractivity contribution in [2.75, 3.05) is 32.0 Å². The fourth-order valence-electron chi connectivity index (χ4n) is 5.00. The Morgan fingerprint density at radius 2 is 1.69 bits per heavy atom. The minimum Gasteiger partial charge on any atom is -0.491 e. The normalized spacial score (nSPS) is 20.6. The molecule has 0 saturated carbocycles. The molecule has 190 valence electrons. The van der Waals surface area contributed by atoms with E-state index in [0.29, 0.717) is 34.1 Å². The van der Waals surface area contributed by atoms with Gasteiger partial charge in [-0.15, -0.1) is 11.8 Å². The van der Waals surface area contributed by atoms with Crippen LogP contribution in [0.1, 0.15) is 55.1 Å². The van der Waals surface area contributed by atoms with Gasteiger partial charge in [0.2, 0.25) is 11.6 Å². The highest BCUT2D eigenvalue weighted by molar-refractivity contribution is 8.04. The molecule has 1 spiro atoms. The third-order valence-corrected chi connectivity index (χ3v) is 8.56.